The molecule has 0 spiro atoms. The molecule has 3 rings (SSSR count). The van der Waals surface area contributed by atoms with Crippen LogP contribution in [0.5, 0.6) is 0 Å². The smallest absolute Gasteiger partial charge is 0.225 e. The molecule has 0 aromatic carbocycles. The first-order valence-corrected chi connectivity index (χ1v) is 8.63. The zero-order chi connectivity index (χ0) is 15.0. The van der Waals surface area contributed by atoms with E-state index >= 15 is 0 Å². The summed E-state index contributed by atoms with van der Waals surface area (Å²) < 4.78 is 0. The Morgan fingerprint density at radius 1 is 1.05 bits per heavy atom. The van der Waals surface area contributed by atoms with E-state index in [0.717, 1.165) is 38.3 Å². The van der Waals surface area contributed by atoms with Crippen LogP contribution in [0.1, 0.15) is 52.4 Å². The minimum atomic E-state index is 0.0742. The van der Waals surface area contributed by atoms with Crippen LogP contribution in [0.3, 0.4) is 0 Å². The first-order valence-electron chi connectivity index (χ1n) is 8.63. The second kappa shape index (κ2) is 5.98. The van der Waals surface area contributed by atoms with Gasteiger partial charge in [0.15, 0.2) is 0 Å². The van der Waals surface area contributed by atoms with E-state index < -0.39 is 0 Å². The molecule has 3 atom stereocenters. The van der Waals surface area contributed by atoms with E-state index in [-0.39, 0.29) is 29.7 Å². The standard InChI is InChI=1S/C17H28N2O2/c1-11(2)17(21)19-7-5-14(6-8-19)18-16(20)15-10-12-3-4-13(15)9-12/h11-15H,3-10H2,1-2H3,(H,18,20). The third-order valence-electron chi connectivity index (χ3n) is 5.72. The molecule has 3 aliphatic rings. The molecule has 2 bridgehead atoms. The fraction of sp³-hybridized carbons (Fsp3) is 0.882. The Labute approximate surface area is 127 Å². The van der Waals surface area contributed by atoms with Crippen LogP contribution >= 0.6 is 0 Å². The second-order valence-corrected chi connectivity index (χ2v) is 7.54. The monoisotopic (exact) mass is 292 g/mol. The highest BCUT2D eigenvalue weighted by Crippen LogP contribution is 2.48. The molecule has 3 fully saturated rings. The van der Waals surface area contributed by atoms with E-state index in [4.69, 9.17) is 0 Å². The van der Waals surface area contributed by atoms with E-state index in [1.165, 1.54) is 19.3 Å². The summed E-state index contributed by atoms with van der Waals surface area (Å²) in [5.74, 6) is 2.35. The van der Waals surface area contributed by atoms with Crippen molar-refractivity contribution in [2.75, 3.05) is 13.1 Å². The minimum Gasteiger partial charge on any atom is -0.353 e. The van der Waals surface area contributed by atoms with E-state index in [2.05, 4.69) is 5.32 Å². The first-order chi connectivity index (χ1) is 10.0. The maximum absolute atomic E-state index is 12.4. The number of carbonyl (C=O) groups is 2. The molecule has 1 heterocycles. The maximum atomic E-state index is 12.4. The fourth-order valence-electron chi connectivity index (χ4n) is 4.48. The van der Waals surface area contributed by atoms with Crippen molar-refractivity contribution in [2.45, 2.75) is 58.4 Å². The van der Waals surface area contributed by atoms with Gasteiger partial charge in [0.2, 0.25) is 11.8 Å². The Bertz CT molecular complexity index is 413. The zero-order valence-corrected chi connectivity index (χ0v) is 13.3. The second-order valence-electron chi connectivity index (χ2n) is 7.54. The molecule has 2 saturated carbocycles. The summed E-state index contributed by atoms with van der Waals surface area (Å²) >= 11 is 0. The first kappa shape index (κ1) is 14.9. The lowest BCUT2D eigenvalue weighted by atomic mass is 9.87. The Morgan fingerprint density at radius 2 is 1.76 bits per heavy atom. The van der Waals surface area contributed by atoms with Crippen LogP contribution in [0.25, 0.3) is 0 Å². The van der Waals surface area contributed by atoms with Gasteiger partial charge in [-0.1, -0.05) is 20.3 Å². The number of fused-ring (bicyclic) bond motifs is 2. The van der Waals surface area contributed by atoms with Crippen LogP contribution in [0.15, 0.2) is 0 Å². The molecule has 1 saturated heterocycles. The predicted molar refractivity (Wildman–Crippen MR) is 81.5 cm³/mol. The number of nitrogens with zero attached hydrogens (tertiary/aromatic N) is 1. The molecule has 2 aliphatic carbocycles. The largest absolute Gasteiger partial charge is 0.353 e. The molecule has 21 heavy (non-hydrogen) atoms. The van der Waals surface area contributed by atoms with E-state index in [9.17, 15) is 9.59 Å². The summed E-state index contributed by atoms with van der Waals surface area (Å²) in [5.41, 5.74) is 0. The van der Waals surface area contributed by atoms with Crippen molar-refractivity contribution in [1.29, 1.82) is 0 Å². The maximum Gasteiger partial charge on any atom is 0.225 e. The van der Waals surface area contributed by atoms with Crippen LogP contribution in [0.2, 0.25) is 0 Å². The molecule has 118 valence electrons. The Kier molecular flexibility index (Phi) is 4.23. The number of amides is 2. The normalized spacial score (nSPS) is 32.7. The summed E-state index contributed by atoms with van der Waals surface area (Å²) in [6, 6.07) is 0.271. The Hall–Kier alpha value is -1.06. The van der Waals surface area contributed by atoms with Gasteiger partial charge in [0.25, 0.3) is 0 Å². The topological polar surface area (TPSA) is 49.4 Å². The van der Waals surface area contributed by atoms with E-state index in [1.54, 1.807) is 0 Å². The quantitative estimate of drug-likeness (QED) is 0.867. The Morgan fingerprint density at radius 3 is 2.29 bits per heavy atom. The summed E-state index contributed by atoms with van der Waals surface area (Å²) in [7, 11) is 0. The molecule has 2 amide bonds. The van der Waals surface area contributed by atoms with Crippen molar-refractivity contribution in [1.82, 2.24) is 10.2 Å². The summed E-state index contributed by atoms with van der Waals surface area (Å²) in [6.45, 7) is 5.48. The van der Waals surface area contributed by atoms with Gasteiger partial charge in [0.1, 0.15) is 0 Å². The number of rotatable bonds is 3. The van der Waals surface area contributed by atoms with Gasteiger partial charge < -0.3 is 10.2 Å². The Balaban J connectivity index is 1.45. The summed E-state index contributed by atoms with van der Waals surface area (Å²) in [5, 5.41) is 3.26. The van der Waals surface area contributed by atoms with Crippen LogP contribution in [-0.2, 0) is 9.59 Å². The number of hydrogen-bond acceptors (Lipinski definition) is 2. The van der Waals surface area contributed by atoms with Crippen molar-refractivity contribution < 1.29 is 9.59 Å². The molecule has 0 aromatic rings. The summed E-state index contributed by atoms with van der Waals surface area (Å²) in [6.07, 6.45) is 6.80. The van der Waals surface area contributed by atoms with Crippen molar-refractivity contribution in [3.05, 3.63) is 0 Å². The van der Waals surface area contributed by atoms with Gasteiger partial charge in [0.05, 0.1) is 0 Å². The van der Waals surface area contributed by atoms with Crippen molar-refractivity contribution in [3.63, 3.8) is 0 Å². The van der Waals surface area contributed by atoms with Gasteiger partial charge in [0, 0.05) is 31.0 Å². The molecule has 4 heteroatoms. The highest BCUT2D eigenvalue weighted by atomic mass is 16.2. The molecule has 1 aliphatic heterocycles. The number of carbonyl (C=O) groups excluding carboxylic acids is 2. The lowest BCUT2D eigenvalue weighted by Crippen LogP contribution is -2.49. The van der Waals surface area contributed by atoms with Crippen LogP contribution in [-0.4, -0.2) is 35.8 Å². The van der Waals surface area contributed by atoms with Gasteiger partial charge in [-0.05, 0) is 43.9 Å². The molecule has 0 aromatic heterocycles. The van der Waals surface area contributed by atoms with Crippen LogP contribution in [0, 0.1) is 23.7 Å². The van der Waals surface area contributed by atoms with E-state index in [0.29, 0.717) is 5.92 Å². The zero-order valence-electron chi connectivity index (χ0n) is 13.3. The SMILES string of the molecule is CC(C)C(=O)N1CCC(NC(=O)C2CC3CCC2C3)CC1. The lowest BCUT2D eigenvalue weighted by Gasteiger charge is -2.34. The van der Waals surface area contributed by atoms with Crippen molar-refractivity contribution in [2.24, 2.45) is 23.7 Å². The molecular formula is C17H28N2O2. The third-order valence-corrected chi connectivity index (χ3v) is 5.72. The number of piperidine rings is 1. The van der Waals surface area contributed by atoms with Crippen LogP contribution < -0.4 is 5.32 Å². The minimum absolute atomic E-state index is 0.0742. The highest BCUT2D eigenvalue weighted by Gasteiger charge is 2.43. The average molecular weight is 292 g/mol. The van der Waals surface area contributed by atoms with Crippen molar-refractivity contribution in [3.8, 4) is 0 Å². The molecular weight excluding hydrogens is 264 g/mol. The molecule has 3 unspecified atom stereocenters. The molecule has 4 nitrogen and oxygen atoms in total. The molecule has 1 N–H and O–H groups in total. The lowest BCUT2D eigenvalue weighted by molar-refractivity contribution is -0.135. The number of likely N-dealkylation sites (tertiary alicyclic amines) is 1. The fourth-order valence-corrected chi connectivity index (χ4v) is 4.48. The van der Waals surface area contributed by atoms with Gasteiger partial charge >= 0.3 is 0 Å². The van der Waals surface area contributed by atoms with Crippen molar-refractivity contribution >= 4 is 11.8 Å². The summed E-state index contributed by atoms with van der Waals surface area (Å²) in [4.78, 5) is 26.3. The van der Waals surface area contributed by atoms with Gasteiger partial charge in [-0.3, -0.25) is 9.59 Å². The van der Waals surface area contributed by atoms with Crippen LogP contribution in [0.4, 0.5) is 0 Å². The van der Waals surface area contributed by atoms with Gasteiger partial charge in [-0.25, -0.2) is 0 Å². The molecule has 0 radical (unpaired) electrons. The number of nitrogens with one attached hydrogen (secondary N) is 1. The van der Waals surface area contributed by atoms with Gasteiger partial charge in [-0.2, -0.15) is 0 Å². The number of hydrogen-bond donors (Lipinski definition) is 1. The average Bonchev–Trinajstić information content (AvgIpc) is 3.10. The highest BCUT2D eigenvalue weighted by molar-refractivity contribution is 5.80. The third kappa shape index (κ3) is 3.09. The van der Waals surface area contributed by atoms with Gasteiger partial charge in [-0.15, -0.1) is 0 Å². The van der Waals surface area contributed by atoms with E-state index in [1.807, 2.05) is 18.7 Å². The predicted octanol–water partition coefficient (Wildman–Crippen LogP) is 2.19.